The maximum atomic E-state index is 10.9. The molecule has 0 radical (unpaired) electrons. The summed E-state index contributed by atoms with van der Waals surface area (Å²) in [6.07, 6.45) is 3.00. The first-order valence-corrected chi connectivity index (χ1v) is 6.54. The molecule has 0 aliphatic heterocycles. The van der Waals surface area contributed by atoms with Crippen LogP contribution in [0.3, 0.4) is 0 Å². The Labute approximate surface area is 109 Å². The molecule has 0 spiro atoms. The molecule has 1 N–H and O–H groups in total. The fourth-order valence-electron chi connectivity index (χ4n) is 2.56. The average Bonchev–Trinajstić information content (AvgIpc) is 2.42. The molecule has 3 nitrogen and oxygen atoms in total. The third-order valence-corrected chi connectivity index (χ3v) is 3.10. The molecule has 1 aromatic rings. The van der Waals surface area contributed by atoms with Crippen LogP contribution >= 0.6 is 11.6 Å². The van der Waals surface area contributed by atoms with Crippen LogP contribution in [0.4, 0.5) is 0 Å². The van der Waals surface area contributed by atoms with Crippen molar-refractivity contribution in [2.75, 3.05) is 0 Å². The Morgan fingerprint density at radius 1 is 1.29 bits per heavy atom. The van der Waals surface area contributed by atoms with Gasteiger partial charge in [0, 0.05) is 7.05 Å². The molecule has 0 saturated carbocycles. The maximum Gasteiger partial charge on any atom is 0.108 e. The van der Waals surface area contributed by atoms with E-state index in [9.17, 15) is 5.11 Å². The minimum atomic E-state index is -0.884. The van der Waals surface area contributed by atoms with Gasteiger partial charge in [0.05, 0.1) is 16.9 Å². The number of hydrogen-bond donors (Lipinski definition) is 1. The molecule has 1 aromatic heterocycles. The minimum absolute atomic E-state index is 0.407. The Hall–Kier alpha value is -0.540. The van der Waals surface area contributed by atoms with Crippen LogP contribution in [0.5, 0.6) is 0 Å². The minimum Gasteiger partial charge on any atom is -0.383 e. The third-order valence-electron chi connectivity index (χ3n) is 2.83. The number of aromatic nitrogens is 2. The SMILES string of the molecule is CC(C)CC(O)(CC(C)C)c1c(Cl)cnn1C. The van der Waals surface area contributed by atoms with Crippen LogP contribution in [0, 0.1) is 11.8 Å². The van der Waals surface area contributed by atoms with Crippen molar-refractivity contribution in [2.24, 2.45) is 18.9 Å². The first-order valence-electron chi connectivity index (χ1n) is 6.16. The first-order chi connectivity index (χ1) is 7.76. The number of hydrogen-bond acceptors (Lipinski definition) is 2. The molecule has 17 heavy (non-hydrogen) atoms. The molecule has 1 rings (SSSR count). The van der Waals surface area contributed by atoms with Gasteiger partial charge in [0.1, 0.15) is 5.60 Å². The Bertz CT molecular complexity index is 342. The lowest BCUT2D eigenvalue weighted by Crippen LogP contribution is -2.32. The Kier molecular flexibility index (Phi) is 4.62. The van der Waals surface area contributed by atoms with Crippen LogP contribution in [0.2, 0.25) is 5.02 Å². The lowest BCUT2D eigenvalue weighted by atomic mass is 9.82. The van der Waals surface area contributed by atoms with Crippen molar-refractivity contribution < 1.29 is 5.11 Å². The lowest BCUT2D eigenvalue weighted by Gasteiger charge is -2.32. The van der Waals surface area contributed by atoms with Crippen molar-refractivity contribution in [2.45, 2.75) is 46.1 Å². The fourth-order valence-corrected chi connectivity index (χ4v) is 2.90. The van der Waals surface area contributed by atoms with E-state index >= 15 is 0 Å². The van der Waals surface area contributed by atoms with Gasteiger partial charge in [-0.15, -0.1) is 0 Å². The van der Waals surface area contributed by atoms with E-state index in [1.54, 1.807) is 10.9 Å². The normalized spacial score (nSPS) is 12.8. The number of rotatable bonds is 5. The molecular formula is C13H23ClN2O. The van der Waals surface area contributed by atoms with E-state index in [1.807, 2.05) is 7.05 Å². The Balaban J connectivity index is 3.13. The summed E-state index contributed by atoms with van der Waals surface area (Å²) in [7, 11) is 1.83. The molecule has 4 heteroatoms. The monoisotopic (exact) mass is 258 g/mol. The Morgan fingerprint density at radius 2 is 1.76 bits per heavy atom. The standard InChI is InChI=1S/C13H23ClN2O/c1-9(2)6-13(17,7-10(3)4)12-11(14)8-15-16(12)5/h8-10,17H,6-7H2,1-5H3. The summed E-state index contributed by atoms with van der Waals surface area (Å²) < 4.78 is 1.69. The zero-order valence-corrected chi connectivity index (χ0v) is 12.1. The molecule has 0 saturated heterocycles. The second-order valence-electron chi connectivity index (χ2n) is 5.69. The summed E-state index contributed by atoms with van der Waals surface area (Å²) in [6, 6.07) is 0. The fraction of sp³-hybridized carbons (Fsp3) is 0.769. The highest BCUT2D eigenvalue weighted by atomic mass is 35.5. The first kappa shape index (κ1) is 14.5. The van der Waals surface area contributed by atoms with Gasteiger partial charge >= 0.3 is 0 Å². The zero-order valence-electron chi connectivity index (χ0n) is 11.4. The summed E-state index contributed by atoms with van der Waals surface area (Å²) >= 11 is 6.15. The van der Waals surface area contributed by atoms with E-state index in [0.717, 1.165) is 5.69 Å². The molecule has 0 aliphatic carbocycles. The van der Waals surface area contributed by atoms with E-state index in [2.05, 4.69) is 32.8 Å². The van der Waals surface area contributed by atoms with Crippen LogP contribution in [0.15, 0.2) is 6.20 Å². The van der Waals surface area contributed by atoms with Gasteiger partial charge in [-0.2, -0.15) is 5.10 Å². The smallest absolute Gasteiger partial charge is 0.108 e. The predicted octanol–water partition coefficient (Wildman–Crippen LogP) is 3.35. The highest BCUT2D eigenvalue weighted by Crippen LogP contribution is 2.37. The summed E-state index contributed by atoms with van der Waals surface area (Å²) in [4.78, 5) is 0. The predicted molar refractivity (Wildman–Crippen MR) is 71.0 cm³/mol. The van der Waals surface area contributed by atoms with Crippen molar-refractivity contribution in [1.82, 2.24) is 9.78 Å². The van der Waals surface area contributed by atoms with Crippen molar-refractivity contribution in [3.05, 3.63) is 16.9 Å². The molecule has 0 fully saturated rings. The van der Waals surface area contributed by atoms with Crippen molar-refractivity contribution in [1.29, 1.82) is 0 Å². The molecule has 0 bridgehead atoms. The van der Waals surface area contributed by atoms with E-state index in [-0.39, 0.29) is 0 Å². The summed E-state index contributed by atoms with van der Waals surface area (Å²) in [5, 5.41) is 15.6. The average molecular weight is 259 g/mol. The molecule has 98 valence electrons. The van der Waals surface area contributed by atoms with E-state index < -0.39 is 5.60 Å². The second-order valence-corrected chi connectivity index (χ2v) is 6.10. The molecule has 0 atom stereocenters. The van der Waals surface area contributed by atoms with Gasteiger partial charge in [-0.25, -0.2) is 0 Å². The molecule has 0 aliphatic rings. The van der Waals surface area contributed by atoms with Crippen LogP contribution in [-0.4, -0.2) is 14.9 Å². The highest BCUT2D eigenvalue weighted by Gasteiger charge is 2.35. The summed E-state index contributed by atoms with van der Waals surface area (Å²) in [6.45, 7) is 8.43. The topological polar surface area (TPSA) is 38.1 Å². The van der Waals surface area contributed by atoms with Gasteiger partial charge in [-0.1, -0.05) is 39.3 Å². The maximum absolute atomic E-state index is 10.9. The van der Waals surface area contributed by atoms with Crippen LogP contribution < -0.4 is 0 Å². The van der Waals surface area contributed by atoms with E-state index in [4.69, 9.17) is 11.6 Å². The third kappa shape index (κ3) is 3.46. The number of halogens is 1. The summed E-state index contributed by atoms with van der Waals surface area (Å²) in [5.41, 5.74) is -0.147. The zero-order chi connectivity index (χ0) is 13.2. The Morgan fingerprint density at radius 3 is 2.06 bits per heavy atom. The van der Waals surface area contributed by atoms with E-state index in [1.165, 1.54) is 0 Å². The highest BCUT2D eigenvalue weighted by molar-refractivity contribution is 6.31. The van der Waals surface area contributed by atoms with Gasteiger partial charge in [0.15, 0.2) is 0 Å². The number of nitrogens with zero attached hydrogens (tertiary/aromatic N) is 2. The number of aliphatic hydroxyl groups is 1. The van der Waals surface area contributed by atoms with Crippen molar-refractivity contribution in [3.63, 3.8) is 0 Å². The lowest BCUT2D eigenvalue weighted by molar-refractivity contribution is -0.0116. The second kappa shape index (κ2) is 5.40. The van der Waals surface area contributed by atoms with Gasteiger partial charge in [-0.05, 0) is 24.7 Å². The van der Waals surface area contributed by atoms with Crippen molar-refractivity contribution in [3.8, 4) is 0 Å². The quantitative estimate of drug-likeness (QED) is 0.880. The summed E-state index contributed by atoms with van der Waals surface area (Å²) in [5.74, 6) is 0.814. The molecule has 0 aromatic carbocycles. The van der Waals surface area contributed by atoms with Crippen LogP contribution in [0.1, 0.15) is 46.2 Å². The van der Waals surface area contributed by atoms with Crippen LogP contribution in [-0.2, 0) is 12.6 Å². The van der Waals surface area contributed by atoms with Gasteiger partial charge in [0.2, 0.25) is 0 Å². The molecule has 0 unspecified atom stereocenters. The van der Waals surface area contributed by atoms with Gasteiger partial charge in [0.25, 0.3) is 0 Å². The molecule has 0 amide bonds. The largest absolute Gasteiger partial charge is 0.383 e. The van der Waals surface area contributed by atoms with Gasteiger partial charge in [-0.3, -0.25) is 4.68 Å². The van der Waals surface area contributed by atoms with Gasteiger partial charge < -0.3 is 5.11 Å². The van der Waals surface area contributed by atoms with Crippen LogP contribution in [0.25, 0.3) is 0 Å². The number of aryl methyl sites for hydroxylation is 1. The molecular weight excluding hydrogens is 236 g/mol. The molecule has 1 heterocycles. The van der Waals surface area contributed by atoms with Crippen molar-refractivity contribution >= 4 is 11.6 Å². The van der Waals surface area contributed by atoms with E-state index in [0.29, 0.717) is 29.7 Å².